The average Bonchev–Trinajstić information content (AvgIpc) is 3.33. The number of likely N-dealkylation sites (tertiary alicyclic amines) is 1. The van der Waals surface area contributed by atoms with Gasteiger partial charge < -0.3 is 14.5 Å². The summed E-state index contributed by atoms with van der Waals surface area (Å²) in [6.07, 6.45) is 1.73. The summed E-state index contributed by atoms with van der Waals surface area (Å²) in [5.74, 6) is -0.161. The van der Waals surface area contributed by atoms with Crippen molar-refractivity contribution in [2.24, 2.45) is 7.05 Å². The Morgan fingerprint density at radius 1 is 1.31 bits per heavy atom. The second-order valence-electron chi connectivity index (χ2n) is 6.81. The van der Waals surface area contributed by atoms with Gasteiger partial charge in [0.1, 0.15) is 6.54 Å². The van der Waals surface area contributed by atoms with Gasteiger partial charge in [0.05, 0.1) is 17.7 Å². The quantitative estimate of drug-likeness (QED) is 0.794. The zero-order valence-corrected chi connectivity index (χ0v) is 14.8. The van der Waals surface area contributed by atoms with E-state index in [4.69, 9.17) is 4.74 Å². The zero-order valence-electron chi connectivity index (χ0n) is 14.8. The summed E-state index contributed by atoms with van der Waals surface area (Å²) in [5, 5.41) is 8.13. The first-order valence-electron chi connectivity index (χ1n) is 8.60. The number of ether oxygens (including phenoxy) is 1. The first-order chi connectivity index (χ1) is 12.6. The Balaban J connectivity index is 1.44. The van der Waals surface area contributed by atoms with E-state index in [1.54, 1.807) is 21.6 Å². The molecule has 4 rings (SSSR count). The summed E-state index contributed by atoms with van der Waals surface area (Å²) in [4.78, 5) is 28.6. The monoisotopic (exact) mass is 355 g/mol. The van der Waals surface area contributed by atoms with Crippen molar-refractivity contribution in [3.8, 4) is 0 Å². The van der Waals surface area contributed by atoms with E-state index in [-0.39, 0.29) is 30.4 Å². The van der Waals surface area contributed by atoms with E-state index in [1.165, 1.54) is 0 Å². The molecule has 1 aromatic heterocycles. The second-order valence-corrected chi connectivity index (χ2v) is 6.81. The predicted octanol–water partition coefficient (Wildman–Crippen LogP) is 0.412. The van der Waals surface area contributed by atoms with Crippen molar-refractivity contribution in [1.82, 2.24) is 24.8 Å². The maximum Gasteiger partial charge on any atom is 0.254 e. The summed E-state index contributed by atoms with van der Waals surface area (Å²) < 4.78 is 7.20. The number of amides is 2. The lowest BCUT2D eigenvalue weighted by Crippen LogP contribution is -2.39. The number of aryl methyl sites for hydroxylation is 1. The van der Waals surface area contributed by atoms with Crippen LogP contribution in [0.15, 0.2) is 30.5 Å². The van der Waals surface area contributed by atoms with Crippen LogP contribution in [0.4, 0.5) is 0 Å². The van der Waals surface area contributed by atoms with Gasteiger partial charge in [-0.3, -0.25) is 14.3 Å². The highest BCUT2D eigenvalue weighted by Gasteiger charge is 2.39. The van der Waals surface area contributed by atoms with Crippen LogP contribution in [0.3, 0.4) is 0 Å². The molecule has 0 spiro atoms. The van der Waals surface area contributed by atoms with Crippen LogP contribution in [-0.4, -0.2) is 69.5 Å². The van der Waals surface area contributed by atoms with Crippen molar-refractivity contribution >= 4 is 11.8 Å². The van der Waals surface area contributed by atoms with Crippen LogP contribution in [0.1, 0.15) is 27.5 Å². The molecule has 2 aromatic rings. The Hall–Kier alpha value is -2.74. The number of benzene rings is 1. The van der Waals surface area contributed by atoms with Crippen molar-refractivity contribution < 1.29 is 14.3 Å². The molecule has 2 aliphatic heterocycles. The number of methoxy groups -OCH3 is 1. The number of nitrogens with zero attached hydrogens (tertiary/aromatic N) is 5. The van der Waals surface area contributed by atoms with E-state index in [0.29, 0.717) is 25.2 Å². The van der Waals surface area contributed by atoms with E-state index < -0.39 is 0 Å². The van der Waals surface area contributed by atoms with Gasteiger partial charge in [0, 0.05) is 45.6 Å². The van der Waals surface area contributed by atoms with Gasteiger partial charge in [-0.1, -0.05) is 23.4 Å². The van der Waals surface area contributed by atoms with Crippen molar-refractivity contribution in [2.45, 2.75) is 18.6 Å². The highest BCUT2D eigenvalue weighted by Crippen LogP contribution is 2.29. The van der Waals surface area contributed by atoms with Gasteiger partial charge in [-0.2, -0.15) is 0 Å². The SMILES string of the molecule is CO[C@@H]1CN(C(=O)CN2Cc3ccccc3C2=O)C[C@H]1c1cn(C)nn1. The summed E-state index contributed by atoms with van der Waals surface area (Å²) >= 11 is 0. The first-order valence-corrected chi connectivity index (χ1v) is 8.60. The van der Waals surface area contributed by atoms with Crippen LogP contribution in [0.2, 0.25) is 0 Å². The lowest BCUT2D eigenvalue weighted by atomic mass is 10.0. The molecule has 3 heterocycles. The largest absolute Gasteiger partial charge is 0.379 e. The molecule has 2 amide bonds. The van der Waals surface area contributed by atoms with E-state index >= 15 is 0 Å². The van der Waals surface area contributed by atoms with Gasteiger partial charge in [0.25, 0.3) is 5.91 Å². The van der Waals surface area contributed by atoms with E-state index in [9.17, 15) is 9.59 Å². The molecular formula is C18H21N5O3. The Morgan fingerprint density at radius 2 is 2.12 bits per heavy atom. The van der Waals surface area contributed by atoms with Gasteiger partial charge in [-0.15, -0.1) is 5.10 Å². The fourth-order valence-electron chi connectivity index (χ4n) is 3.74. The highest BCUT2D eigenvalue weighted by atomic mass is 16.5. The van der Waals surface area contributed by atoms with Crippen molar-refractivity contribution in [2.75, 3.05) is 26.7 Å². The van der Waals surface area contributed by atoms with Crippen LogP contribution in [0, 0.1) is 0 Å². The van der Waals surface area contributed by atoms with Gasteiger partial charge in [0.15, 0.2) is 0 Å². The summed E-state index contributed by atoms with van der Waals surface area (Å²) in [7, 11) is 3.45. The predicted molar refractivity (Wildman–Crippen MR) is 92.3 cm³/mol. The van der Waals surface area contributed by atoms with Gasteiger partial charge >= 0.3 is 0 Å². The van der Waals surface area contributed by atoms with Crippen molar-refractivity contribution in [3.05, 3.63) is 47.3 Å². The molecule has 0 N–H and O–H groups in total. The summed E-state index contributed by atoms with van der Waals surface area (Å²) in [5.41, 5.74) is 2.48. The third-order valence-electron chi connectivity index (χ3n) is 5.14. The number of fused-ring (bicyclic) bond motifs is 1. The fraction of sp³-hybridized carbons (Fsp3) is 0.444. The number of hydrogen-bond acceptors (Lipinski definition) is 5. The van der Waals surface area contributed by atoms with Crippen LogP contribution < -0.4 is 0 Å². The van der Waals surface area contributed by atoms with E-state index in [2.05, 4.69) is 10.3 Å². The van der Waals surface area contributed by atoms with Crippen LogP contribution in [-0.2, 0) is 23.1 Å². The van der Waals surface area contributed by atoms with Crippen LogP contribution in [0.5, 0.6) is 0 Å². The topological polar surface area (TPSA) is 80.6 Å². The minimum Gasteiger partial charge on any atom is -0.379 e. The first kappa shape index (κ1) is 16.7. The molecule has 2 atom stereocenters. The lowest BCUT2D eigenvalue weighted by molar-refractivity contribution is -0.131. The number of hydrogen-bond donors (Lipinski definition) is 0. The molecule has 1 fully saturated rings. The zero-order chi connectivity index (χ0) is 18.3. The van der Waals surface area contributed by atoms with Crippen LogP contribution in [0.25, 0.3) is 0 Å². The van der Waals surface area contributed by atoms with E-state index in [1.807, 2.05) is 37.5 Å². The molecular weight excluding hydrogens is 334 g/mol. The van der Waals surface area contributed by atoms with Crippen molar-refractivity contribution in [1.29, 1.82) is 0 Å². The molecule has 0 radical (unpaired) electrons. The van der Waals surface area contributed by atoms with Gasteiger partial charge in [0.2, 0.25) is 5.91 Å². The molecule has 8 nitrogen and oxygen atoms in total. The Morgan fingerprint density at radius 3 is 2.81 bits per heavy atom. The normalized spacial score (nSPS) is 22.2. The van der Waals surface area contributed by atoms with Crippen molar-refractivity contribution in [3.63, 3.8) is 0 Å². The standard InChI is InChI=1S/C18H21N5O3/c1-21-9-15(19-20-21)14-8-22(10-16(14)26-2)17(24)11-23-7-12-5-3-4-6-13(12)18(23)25/h3-6,9,14,16H,7-8,10-11H2,1-2H3/t14-,16+/m0/s1. The Bertz CT molecular complexity index is 849. The molecule has 0 unspecified atom stereocenters. The number of carbonyl (C=O) groups excluding carboxylic acids is 2. The molecule has 8 heteroatoms. The Kier molecular flexibility index (Phi) is 4.20. The molecule has 0 saturated carbocycles. The van der Waals surface area contributed by atoms with Crippen LogP contribution >= 0.6 is 0 Å². The minimum absolute atomic E-state index is 0.0101. The average molecular weight is 355 g/mol. The Labute approximate surface area is 151 Å². The molecule has 1 saturated heterocycles. The highest BCUT2D eigenvalue weighted by molar-refractivity contribution is 6.00. The second kappa shape index (κ2) is 6.53. The summed E-state index contributed by atoms with van der Waals surface area (Å²) in [6.45, 7) is 1.57. The van der Waals surface area contributed by atoms with Gasteiger partial charge in [-0.25, -0.2) is 0 Å². The molecule has 2 aliphatic rings. The maximum absolute atomic E-state index is 12.8. The number of rotatable bonds is 4. The third-order valence-corrected chi connectivity index (χ3v) is 5.14. The fourth-order valence-corrected chi connectivity index (χ4v) is 3.74. The molecule has 136 valence electrons. The molecule has 1 aromatic carbocycles. The molecule has 26 heavy (non-hydrogen) atoms. The molecule has 0 bridgehead atoms. The number of carbonyl (C=O) groups is 2. The van der Waals surface area contributed by atoms with Gasteiger partial charge in [-0.05, 0) is 11.6 Å². The third kappa shape index (κ3) is 2.86. The summed E-state index contributed by atoms with van der Waals surface area (Å²) in [6, 6.07) is 7.49. The maximum atomic E-state index is 12.8. The number of aromatic nitrogens is 3. The minimum atomic E-state index is -0.123. The smallest absolute Gasteiger partial charge is 0.254 e. The molecule has 0 aliphatic carbocycles. The lowest BCUT2D eigenvalue weighted by Gasteiger charge is -2.21. The van der Waals surface area contributed by atoms with E-state index in [0.717, 1.165) is 11.3 Å².